The molecule has 4 nitrogen and oxygen atoms in total. The zero-order valence-electron chi connectivity index (χ0n) is 14.1. The predicted molar refractivity (Wildman–Crippen MR) is 95.0 cm³/mol. The molecule has 0 unspecified atom stereocenters. The van der Waals surface area contributed by atoms with E-state index in [0.29, 0.717) is 11.9 Å². The Hall–Kier alpha value is -2.10. The van der Waals surface area contributed by atoms with Crippen LogP contribution in [0.1, 0.15) is 61.4 Å². The van der Waals surface area contributed by atoms with Crippen molar-refractivity contribution in [2.45, 2.75) is 52.4 Å². The Morgan fingerprint density at radius 3 is 2.65 bits per heavy atom. The van der Waals surface area contributed by atoms with Gasteiger partial charge in [0.15, 0.2) is 0 Å². The topological polar surface area (TPSA) is 62.0 Å². The van der Waals surface area contributed by atoms with Crippen molar-refractivity contribution in [1.82, 2.24) is 10.3 Å². The highest BCUT2D eigenvalue weighted by atomic mass is 16.2. The van der Waals surface area contributed by atoms with Gasteiger partial charge in [0.05, 0.1) is 5.52 Å². The molecule has 0 aliphatic rings. The fourth-order valence-electron chi connectivity index (χ4n) is 2.77. The van der Waals surface area contributed by atoms with Crippen LogP contribution in [0, 0.1) is 6.92 Å². The smallest absolute Gasteiger partial charge is 0.256 e. The van der Waals surface area contributed by atoms with E-state index in [1.165, 1.54) is 31.9 Å². The second-order valence-corrected chi connectivity index (χ2v) is 6.05. The number of fused-ring (bicyclic) bond motifs is 1. The van der Waals surface area contributed by atoms with Gasteiger partial charge < -0.3 is 10.3 Å². The number of benzene rings is 1. The number of rotatable bonds is 8. The third-order valence-electron chi connectivity index (χ3n) is 4.18. The number of nitrogens with one attached hydrogen (secondary N) is 2. The number of amides is 1. The molecule has 2 aromatic rings. The third kappa shape index (κ3) is 4.44. The molecule has 2 N–H and O–H groups in total. The van der Waals surface area contributed by atoms with Crippen molar-refractivity contribution < 1.29 is 4.79 Å². The number of aromatic nitrogens is 1. The van der Waals surface area contributed by atoms with Gasteiger partial charge in [0.1, 0.15) is 5.56 Å². The van der Waals surface area contributed by atoms with Crippen LogP contribution in [-0.4, -0.2) is 17.4 Å². The van der Waals surface area contributed by atoms with E-state index >= 15 is 0 Å². The Balaban J connectivity index is 1.94. The minimum absolute atomic E-state index is 0.189. The molecular formula is C19H26N2O2. The van der Waals surface area contributed by atoms with E-state index in [2.05, 4.69) is 17.2 Å². The highest BCUT2D eigenvalue weighted by Gasteiger charge is 2.12. The van der Waals surface area contributed by atoms with Crippen LogP contribution in [0.25, 0.3) is 10.9 Å². The van der Waals surface area contributed by atoms with Gasteiger partial charge >= 0.3 is 0 Å². The first kappa shape index (κ1) is 17.3. The number of carbonyl (C=O) groups excluding carboxylic acids is 1. The number of unbranched alkanes of at least 4 members (excludes halogenated alkanes) is 5. The van der Waals surface area contributed by atoms with Crippen LogP contribution in [0.4, 0.5) is 0 Å². The van der Waals surface area contributed by atoms with Crippen molar-refractivity contribution in [3.8, 4) is 0 Å². The summed E-state index contributed by atoms with van der Waals surface area (Å²) in [5.74, 6) is -0.289. The number of aromatic amines is 1. The average Bonchev–Trinajstić information content (AvgIpc) is 2.55. The zero-order valence-corrected chi connectivity index (χ0v) is 14.1. The Kier molecular flexibility index (Phi) is 6.39. The largest absolute Gasteiger partial charge is 0.360 e. The first-order valence-electron chi connectivity index (χ1n) is 8.54. The Morgan fingerprint density at radius 2 is 1.87 bits per heavy atom. The Labute approximate surface area is 137 Å². The van der Waals surface area contributed by atoms with E-state index in [1.54, 1.807) is 6.07 Å². The molecule has 1 amide bonds. The summed E-state index contributed by atoms with van der Waals surface area (Å²) in [6.45, 7) is 4.76. The van der Waals surface area contributed by atoms with E-state index in [4.69, 9.17) is 0 Å². The van der Waals surface area contributed by atoms with Gasteiger partial charge in [-0.05, 0) is 25.0 Å². The van der Waals surface area contributed by atoms with Gasteiger partial charge in [0.2, 0.25) is 5.43 Å². The van der Waals surface area contributed by atoms with Gasteiger partial charge in [-0.3, -0.25) is 9.59 Å². The quantitative estimate of drug-likeness (QED) is 0.725. The molecule has 0 atom stereocenters. The predicted octanol–water partition coefficient (Wildman–Crippen LogP) is 3.93. The molecular weight excluding hydrogens is 288 g/mol. The standard InChI is InChI=1S/C19H26N2O2/c1-3-4-5-6-7-8-12-20-19(23)16-13-21-17-14(2)10-9-11-15(17)18(16)22/h9-11,13H,3-8,12H2,1-2H3,(H,20,23)(H,21,22). The van der Waals surface area contributed by atoms with E-state index in [9.17, 15) is 9.59 Å². The second-order valence-electron chi connectivity index (χ2n) is 6.05. The van der Waals surface area contributed by atoms with Crippen molar-refractivity contribution in [2.75, 3.05) is 6.54 Å². The highest BCUT2D eigenvalue weighted by molar-refractivity contribution is 5.97. The number of H-pyrrole nitrogens is 1. The number of hydrogen-bond acceptors (Lipinski definition) is 2. The summed E-state index contributed by atoms with van der Waals surface area (Å²) in [5, 5.41) is 3.42. The fourth-order valence-corrected chi connectivity index (χ4v) is 2.77. The van der Waals surface area contributed by atoms with E-state index in [0.717, 1.165) is 23.9 Å². The lowest BCUT2D eigenvalue weighted by atomic mass is 10.1. The van der Waals surface area contributed by atoms with E-state index < -0.39 is 0 Å². The van der Waals surface area contributed by atoms with Gasteiger partial charge in [-0.15, -0.1) is 0 Å². The molecule has 4 heteroatoms. The summed E-state index contributed by atoms with van der Waals surface area (Å²) in [6.07, 6.45) is 8.58. The number of pyridine rings is 1. The molecule has 0 aliphatic carbocycles. The fraction of sp³-hybridized carbons (Fsp3) is 0.474. The van der Waals surface area contributed by atoms with Crippen molar-refractivity contribution >= 4 is 16.8 Å². The lowest BCUT2D eigenvalue weighted by molar-refractivity contribution is 0.0951. The first-order valence-corrected chi connectivity index (χ1v) is 8.54. The van der Waals surface area contributed by atoms with Crippen LogP contribution in [0.2, 0.25) is 0 Å². The van der Waals surface area contributed by atoms with Crippen LogP contribution >= 0.6 is 0 Å². The molecule has 23 heavy (non-hydrogen) atoms. The molecule has 1 heterocycles. The summed E-state index contributed by atoms with van der Waals surface area (Å²) >= 11 is 0. The number of hydrogen-bond donors (Lipinski definition) is 2. The Morgan fingerprint density at radius 1 is 1.13 bits per heavy atom. The molecule has 0 spiro atoms. The lowest BCUT2D eigenvalue weighted by Crippen LogP contribution is -2.29. The average molecular weight is 314 g/mol. The first-order chi connectivity index (χ1) is 11.1. The van der Waals surface area contributed by atoms with E-state index in [-0.39, 0.29) is 16.9 Å². The van der Waals surface area contributed by atoms with Crippen molar-refractivity contribution in [1.29, 1.82) is 0 Å². The van der Waals surface area contributed by atoms with Gasteiger partial charge in [-0.25, -0.2) is 0 Å². The SMILES string of the molecule is CCCCCCCCNC(=O)c1c[nH]c2c(C)cccc2c1=O. The molecule has 0 bridgehead atoms. The molecule has 0 aliphatic heterocycles. The Bertz CT molecular complexity index is 719. The zero-order chi connectivity index (χ0) is 16.7. The molecule has 124 valence electrons. The molecule has 0 saturated carbocycles. The van der Waals surface area contributed by atoms with Gasteiger partial charge in [-0.1, -0.05) is 51.2 Å². The maximum atomic E-state index is 12.4. The summed E-state index contributed by atoms with van der Waals surface area (Å²) in [4.78, 5) is 27.7. The van der Waals surface area contributed by atoms with Crippen molar-refractivity contribution in [2.24, 2.45) is 0 Å². The van der Waals surface area contributed by atoms with Crippen LogP contribution in [0.3, 0.4) is 0 Å². The van der Waals surface area contributed by atoms with Gasteiger partial charge in [0.25, 0.3) is 5.91 Å². The maximum absolute atomic E-state index is 12.4. The highest BCUT2D eigenvalue weighted by Crippen LogP contribution is 2.12. The summed E-state index contributed by atoms with van der Waals surface area (Å²) in [7, 11) is 0. The van der Waals surface area contributed by atoms with E-state index in [1.807, 2.05) is 19.1 Å². The minimum atomic E-state index is -0.289. The maximum Gasteiger partial charge on any atom is 0.256 e. The van der Waals surface area contributed by atoms with Crippen LogP contribution in [0.15, 0.2) is 29.2 Å². The molecule has 2 rings (SSSR count). The molecule has 0 saturated heterocycles. The van der Waals surface area contributed by atoms with Crippen LogP contribution in [0.5, 0.6) is 0 Å². The van der Waals surface area contributed by atoms with Crippen LogP contribution in [-0.2, 0) is 0 Å². The van der Waals surface area contributed by atoms with Crippen molar-refractivity contribution in [3.63, 3.8) is 0 Å². The normalized spacial score (nSPS) is 10.9. The lowest BCUT2D eigenvalue weighted by Gasteiger charge is -2.07. The van der Waals surface area contributed by atoms with Gasteiger partial charge in [0, 0.05) is 18.1 Å². The molecule has 0 fully saturated rings. The summed E-state index contributed by atoms with van der Waals surface area (Å²) in [5.41, 5.74) is 1.78. The van der Waals surface area contributed by atoms with Crippen LogP contribution < -0.4 is 10.7 Å². The minimum Gasteiger partial charge on any atom is -0.360 e. The molecule has 0 radical (unpaired) electrons. The molecule has 1 aromatic heterocycles. The third-order valence-corrected chi connectivity index (χ3v) is 4.18. The monoisotopic (exact) mass is 314 g/mol. The molecule has 1 aromatic carbocycles. The number of carbonyl (C=O) groups is 1. The van der Waals surface area contributed by atoms with Crippen molar-refractivity contribution in [3.05, 3.63) is 45.7 Å². The number of para-hydroxylation sites is 1. The van der Waals surface area contributed by atoms with Gasteiger partial charge in [-0.2, -0.15) is 0 Å². The second kappa shape index (κ2) is 8.51. The number of aryl methyl sites for hydroxylation is 1. The summed E-state index contributed by atoms with van der Waals surface area (Å²) < 4.78 is 0. The summed E-state index contributed by atoms with van der Waals surface area (Å²) in [6, 6.07) is 5.53.